The lowest BCUT2D eigenvalue weighted by atomic mass is 10.3. The molecule has 0 saturated carbocycles. The maximum absolute atomic E-state index is 11.8. The number of rotatable bonds is 6. The van der Waals surface area contributed by atoms with Crippen molar-refractivity contribution < 1.29 is 17.9 Å². The Hall–Kier alpha value is -0.790. The zero-order valence-corrected chi connectivity index (χ0v) is 14.3. The van der Waals surface area contributed by atoms with E-state index in [1.165, 1.54) is 12.1 Å². The maximum atomic E-state index is 11.8. The fourth-order valence-electron chi connectivity index (χ4n) is 1.60. The van der Waals surface area contributed by atoms with E-state index in [2.05, 4.69) is 15.9 Å². The molecule has 0 saturated heterocycles. The standard InChI is InChI=1S/C12H15BrClNO4S/c1-3-15(4-2)12(16)8-19-10-6-5-9(13)7-11(10)20(14,17)18/h5-7H,3-4,8H2,1-2H3. The number of carbonyl (C=O) groups is 1. The third-order valence-electron chi connectivity index (χ3n) is 2.64. The van der Waals surface area contributed by atoms with Gasteiger partial charge in [0.1, 0.15) is 10.6 Å². The van der Waals surface area contributed by atoms with E-state index in [4.69, 9.17) is 15.4 Å². The number of hydrogen-bond donors (Lipinski definition) is 0. The Morgan fingerprint density at radius 1 is 1.35 bits per heavy atom. The molecule has 1 amide bonds. The van der Waals surface area contributed by atoms with Gasteiger partial charge >= 0.3 is 0 Å². The molecular weight excluding hydrogens is 370 g/mol. The number of carbonyl (C=O) groups excluding carboxylic acids is 1. The lowest BCUT2D eigenvalue weighted by Crippen LogP contribution is -2.34. The Morgan fingerprint density at radius 3 is 2.45 bits per heavy atom. The van der Waals surface area contributed by atoms with Gasteiger partial charge in [0.15, 0.2) is 6.61 Å². The van der Waals surface area contributed by atoms with Gasteiger partial charge in [0.2, 0.25) is 0 Å². The van der Waals surface area contributed by atoms with Crippen LogP contribution in [0.5, 0.6) is 5.75 Å². The molecule has 0 unspecified atom stereocenters. The van der Waals surface area contributed by atoms with Crippen LogP contribution in [-0.4, -0.2) is 38.9 Å². The molecular formula is C12H15BrClNO4S. The average Bonchev–Trinajstić information content (AvgIpc) is 2.37. The van der Waals surface area contributed by atoms with E-state index < -0.39 is 9.05 Å². The van der Waals surface area contributed by atoms with Gasteiger partial charge in [-0.15, -0.1) is 0 Å². The minimum absolute atomic E-state index is 0.0590. The van der Waals surface area contributed by atoms with Crippen LogP contribution in [0.1, 0.15) is 13.8 Å². The summed E-state index contributed by atoms with van der Waals surface area (Å²) in [4.78, 5) is 13.2. The fourth-order valence-corrected chi connectivity index (χ4v) is 3.11. The number of hydrogen-bond acceptors (Lipinski definition) is 4. The number of benzene rings is 1. The second-order valence-electron chi connectivity index (χ2n) is 3.88. The molecule has 20 heavy (non-hydrogen) atoms. The molecule has 1 rings (SSSR count). The normalized spacial score (nSPS) is 11.2. The summed E-state index contributed by atoms with van der Waals surface area (Å²) in [5, 5.41) is 0. The number of nitrogens with zero attached hydrogens (tertiary/aromatic N) is 1. The highest BCUT2D eigenvalue weighted by Crippen LogP contribution is 2.30. The molecule has 0 N–H and O–H groups in total. The van der Waals surface area contributed by atoms with Crippen LogP contribution in [0.15, 0.2) is 27.6 Å². The molecule has 8 heteroatoms. The van der Waals surface area contributed by atoms with Crippen LogP contribution >= 0.6 is 26.6 Å². The highest BCUT2D eigenvalue weighted by molar-refractivity contribution is 9.10. The van der Waals surface area contributed by atoms with E-state index in [1.54, 1.807) is 11.0 Å². The molecule has 0 spiro atoms. The number of halogens is 2. The second kappa shape index (κ2) is 7.28. The van der Waals surface area contributed by atoms with Gasteiger partial charge in [0.05, 0.1) is 0 Å². The third kappa shape index (κ3) is 4.64. The van der Waals surface area contributed by atoms with E-state index in [-0.39, 0.29) is 23.2 Å². The second-order valence-corrected chi connectivity index (χ2v) is 7.33. The van der Waals surface area contributed by atoms with Gasteiger partial charge in [-0.25, -0.2) is 8.42 Å². The van der Waals surface area contributed by atoms with Crippen molar-refractivity contribution in [3.05, 3.63) is 22.7 Å². The predicted molar refractivity (Wildman–Crippen MR) is 80.6 cm³/mol. The quantitative estimate of drug-likeness (QED) is 0.707. The van der Waals surface area contributed by atoms with Crippen molar-refractivity contribution in [1.29, 1.82) is 0 Å². The van der Waals surface area contributed by atoms with E-state index >= 15 is 0 Å². The molecule has 0 fully saturated rings. The van der Waals surface area contributed by atoms with Gasteiger partial charge < -0.3 is 9.64 Å². The topological polar surface area (TPSA) is 63.7 Å². The first-order chi connectivity index (χ1) is 9.29. The Kier molecular flexibility index (Phi) is 6.29. The number of likely N-dealkylation sites (N-methyl/N-ethyl adjacent to an activating group) is 1. The predicted octanol–water partition coefficient (Wildman–Crippen LogP) is 2.62. The first-order valence-corrected chi connectivity index (χ1v) is 9.04. The summed E-state index contributed by atoms with van der Waals surface area (Å²) in [6.07, 6.45) is 0. The molecule has 0 aliphatic rings. The first kappa shape index (κ1) is 17.3. The van der Waals surface area contributed by atoms with Crippen LogP contribution < -0.4 is 4.74 Å². The van der Waals surface area contributed by atoms with Crippen LogP contribution in [0.3, 0.4) is 0 Å². The molecule has 0 aromatic heterocycles. The van der Waals surface area contributed by atoms with Crippen molar-refractivity contribution in [2.45, 2.75) is 18.7 Å². The van der Waals surface area contributed by atoms with Gasteiger partial charge in [-0.05, 0) is 32.0 Å². The fraction of sp³-hybridized carbons (Fsp3) is 0.417. The minimum Gasteiger partial charge on any atom is -0.482 e. The number of amides is 1. The largest absolute Gasteiger partial charge is 0.482 e. The van der Waals surface area contributed by atoms with E-state index in [0.29, 0.717) is 17.6 Å². The summed E-state index contributed by atoms with van der Waals surface area (Å²) < 4.78 is 28.8. The molecule has 1 aromatic carbocycles. The van der Waals surface area contributed by atoms with Gasteiger partial charge in [-0.2, -0.15) is 0 Å². The van der Waals surface area contributed by atoms with Crippen LogP contribution in [0, 0.1) is 0 Å². The van der Waals surface area contributed by atoms with Crippen LogP contribution in [0.2, 0.25) is 0 Å². The summed E-state index contributed by atoms with van der Waals surface area (Å²) in [7, 11) is 1.40. The Bertz CT molecular complexity index is 587. The maximum Gasteiger partial charge on any atom is 0.265 e. The minimum atomic E-state index is -3.94. The van der Waals surface area contributed by atoms with Crippen molar-refractivity contribution in [2.75, 3.05) is 19.7 Å². The molecule has 0 atom stereocenters. The van der Waals surface area contributed by atoms with Gasteiger partial charge in [-0.1, -0.05) is 15.9 Å². The van der Waals surface area contributed by atoms with Crippen molar-refractivity contribution in [3.8, 4) is 5.75 Å². The van der Waals surface area contributed by atoms with Gasteiger partial charge in [0.25, 0.3) is 15.0 Å². The zero-order valence-electron chi connectivity index (χ0n) is 11.1. The Balaban J connectivity index is 2.91. The van der Waals surface area contributed by atoms with Crippen molar-refractivity contribution in [3.63, 3.8) is 0 Å². The molecule has 0 aliphatic heterocycles. The lowest BCUT2D eigenvalue weighted by molar-refractivity contribution is -0.133. The molecule has 0 heterocycles. The van der Waals surface area contributed by atoms with E-state index in [0.717, 1.165) is 0 Å². The van der Waals surface area contributed by atoms with Crippen LogP contribution in [0.4, 0.5) is 0 Å². The smallest absolute Gasteiger partial charge is 0.265 e. The van der Waals surface area contributed by atoms with Gasteiger partial charge in [0, 0.05) is 28.2 Å². The zero-order chi connectivity index (χ0) is 15.3. The SMILES string of the molecule is CCN(CC)C(=O)COc1ccc(Br)cc1S(=O)(=O)Cl. The monoisotopic (exact) mass is 383 g/mol. The van der Waals surface area contributed by atoms with Crippen molar-refractivity contribution >= 4 is 41.6 Å². The molecule has 1 aromatic rings. The summed E-state index contributed by atoms with van der Waals surface area (Å²) in [5.41, 5.74) is 0. The highest BCUT2D eigenvalue weighted by atomic mass is 79.9. The summed E-state index contributed by atoms with van der Waals surface area (Å²) >= 11 is 3.16. The van der Waals surface area contributed by atoms with Crippen LogP contribution in [0.25, 0.3) is 0 Å². The van der Waals surface area contributed by atoms with E-state index in [1.807, 2.05) is 13.8 Å². The number of ether oxygens (including phenoxy) is 1. The first-order valence-electron chi connectivity index (χ1n) is 5.94. The molecule has 0 bridgehead atoms. The Morgan fingerprint density at radius 2 is 1.95 bits per heavy atom. The lowest BCUT2D eigenvalue weighted by Gasteiger charge is -2.19. The molecule has 112 valence electrons. The molecule has 5 nitrogen and oxygen atoms in total. The van der Waals surface area contributed by atoms with Gasteiger partial charge in [-0.3, -0.25) is 4.79 Å². The summed E-state index contributed by atoms with van der Waals surface area (Å²) in [6, 6.07) is 4.40. The summed E-state index contributed by atoms with van der Waals surface area (Å²) in [6.45, 7) is 4.62. The molecule has 0 radical (unpaired) electrons. The third-order valence-corrected chi connectivity index (χ3v) is 4.47. The summed E-state index contributed by atoms with van der Waals surface area (Å²) in [5.74, 6) is -0.153. The Labute approximate surface area is 131 Å². The molecule has 0 aliphatic carbocycles. The van der Waals surface area contributed by atoms with Crippen molar-refractivity contribution in [1.82, 2.24) is 4.90 Å². The highest BCUT2D eigenvalue weighted by Gasteiger charge is 2.19. The van der Waals surface area contributed by atoms with E-state index in [9.17, 15) is 13.2 Å². The van der Waals surface area contributed by atoms with Crippen LogP contribution in [-0.2, 0) is 13.8 Å². The van der Waals surface area contributed by atoms with Crippen molar-refractivity contribution in [2.24, 2.45) is 0 Å². The average molecular weight is 385 g/mol.